The SMILES string of the molecule is O=C(NCC(F)F)c1ccc(N2CCNCC2)c(Cl)n1. The molecule has 0 aromatic carbocycles. The van der Waals surface area contributed by atoms with Gasteiger partial charge in [0.25, 0.3) is 12.3 Å². The van der Waals surface area contributed by atoms with Gasteiger partial charge in [0.1, 0.15) is 5.69 Å². The molecule has 0 saturated carbocycles. The zero-order valence-electron chi connectivity index (χ0n) is 10.7. The Kier molecular flexibility index (Phi) is 5.08. The summed E-state index contributed by atoms with van der Waals surface area (Å²) in [5, 5.41) is 5.52. The van der Waals surface area contributed by atoms with Crippen LogP contribution in [0.1, 0.15) is 10.5 Å². The van der Waals surface area contributed by atoms with E-state index in [1.54, 1.807) is 6.07 Å². The van der Waals surface area contributed by atoms with Gasteiger partial charge in [-0.05, 0) is 12.1 Å². The van der Waals surface area contributed by atoms with Crippen LogP contribution in [0.4, 0.5) is 14.5 Å². The molecular weight excluding hydrogens is 290 g/mol. The zero-order valence-corrected chi connectivity index (χ0v) is 11.5. The van der Waals surface area contributed by atoms with Gasteiger partial charge in [0.2, 0.25) is 0 Å². The summed E-state index contributed by atoms with van der Waals surface area (Å²) < 4.78 is 24.0. The van der Waals surface area contributed by atoms with Gasteiger partial charge >= 0.3 is 0 Å². The second-order valence-corrected chi connectivity index (χ2v) is 4.70. The van der Waals surface area contributed by atoms with E-state index >= 15 is 0 Å². The van der Waals surface area contributed by atoms with E-state index in [1.165, 1.54) is 6.07 Å². The summed E-state index contributed by atoms with van der Waals surface area (Å²) >= 11 is 6.07. The van der Waals surface area contributed by atoms with Crippen molar-refractivity contribution in [3.8, 4) is 0 Å². The fourth-order valence-corrected chi connectivity index (χ4v) is 2.23. The standard InChI is InChI=1S/C12H15ClF2N4O/c13-11-9(19-5-3-16-4-6-19)2-1-8(18-11)12(20)17-7-10(14)15/h1-2,10,16H,3-7H2,(H,17,20). The highest BCUT2D eigenvalue weighted by Crippen LogP contribution is 2.24. The van der Waals surface area contributed by atoms with Crippen LogP contribution in [0.3, 0.4) is 0 Å². The van der Waals surface area contributed by atoms with E-state index in [-0.39, 0.29) is 10.8 Å². The van der Waals surface area contributed by atoms with E-state index in [9.17, 15) is 13.6 Å². The summed E-state index contributed by atoms with van der Waals surface area (Å²) in [4.78, 5) is 17.6. The lowest BCUT2D eigenvalue weighted by atomic mass is 10.2. The Morgan fingerprint density at radius 1 is 1.45 bits per heavy atom. The first kappa shape index (κ1) is 14.9. The Balaban J connectivity index is 2.06. The summed E-state index contributed by atoms with van der Waals surface area (Å²) in [6.07, 6.45) is -2.59. The van der Waals surface area contributed by atoms with Crippen LogP contribution in [0.25, 0.3) is 0 Å². The number of rotatable bonds is 4. The molecule has 2 N–H and O–H groups in total. The average Bonchev–Trinajstić information content (AvgIpc) is 2.45. The summed E-state index contributed by atoms with van der Waals surface area (Å²) in [6.45, 7) is 2.62. The molecule has 2 heterocycles. The maximum atomic E-state index is 12.0. The van der Waals surface area contributed by atoms with Crippen LogP contribution in [0.2, 0.25) is 5.15 Å². The second-order valence-electron chi connectivity index (χ2n) is 4.34. The number of amides is 1. The van der Waals surface area contributed by atoms with E-state index in [4.69, 9.17) is 11.6 Å². The maximum Gasteiger partial charge on any atom is 0.270 e. The van der Waals surface area contributed by atoms with E-state index in [1.807, 2.05) is 0 Å². The van der Waals surface area contributed by atoms with Gasteiger partial charge in [0.05, 0.1) is 12.2 Å². The van der Waals surface area contributed by atoms with Crippen LogP contribution in [0, 0.1) is 0 Å². The molecule has 1 aromatic rings. The molecule has 1 fully saturated rings. The highest BCUT2D eigenvalue weighted by Gasteiger charge is 2.17. The molecule has 1 aliphatic rings. The van der Waals surface area contributed by atoms with Gasteiger partial charge < -0.3 is 15.5 Å². The molecule has 0 spiro atoms. The molecular formula is C12H15ClF2N4O. The molecule has 1 amide bonds. The van der Waals surface area contributed by atoms with E-state index in [0.29, 0.717) is 0 Å². The lowest BCUT2D eigenvalue weighted by Gasteiger charge is -2.29. The van der Waals surface area contributed by atoms with Crippen molar-refractivity contribution >= 4 is 23.2 Å². The number of pyridine rings is 1. The minimum absolute atomic E-state index is 0.0366. The van der Waals surface area contributed by atoms with Gasteiger partial charge in [-0.3, -0.25) is 4.79 Å². The van der Waals surface area contributed by atoms with Gasteiger partial charge in [0, 0.05) is 26.2 Å². The first-order valence-electron chi connectivity index (χ1n) is 6.26. The number of carbonyl (C=O) groups is 1. The largest absolute Gasteiger partial charge is 0.366 e. The molecule has 2 rings (SSSR count). The van der Waals surface area contributed by atoms with Gasteiger partial charge in [-0.1, -0.05) is 11.6 Å². The molecule has 0 radical (unpaired) electrons. The smallest absolute Gasteiger partial charge is 0.270 e. The molecule has 20 heavy (non-hydrogen) atoms. The topological polar surface area (TPSA) is 57.3 Å². The maximum absolute atomic E-state index is 12.0. The quantitative estimate of drug-likeness (QED) is 0.819. The third-order valence-electron chi connectivity index (χ3n) is 2.94. The Morgan fingerprint density at radius 3 is 2.75 bits per heavy atom. The minimum atomic E-state index is -2.59. The fraction of sp³-hybridized carbons (Fsp3) is 0.500. The van der Waals surface area contributed by atoms with Crippen LogP contribution < -0.4 is 15.5 Å². The van der Waals surface area contributed by atoms with Crippen LogP contribution >= 0.6 is 11.6 Å². The number of hydrogen-bond donors (Lipinski definition) is 2. The number of anilines is 1. The van der Waals surface area contributed by atoms with Crippen LogP contribution in [-0.2, 0) is 0 Å². The molecule has 1 aliphatic heterocycles. The summed E-state index contributed by atoms with van der Waals surface area (Å²) in [6, 6.07) is 3.18. The molecule has 8 heteroatoms. The summed E-state index contributed by atoms with van der Waals surface area (Å²) in [5.74, 6) is -0.654. The van der Waals surface area contributed by atoms with Crippen molar-refractivity contribution in [3.05, 3.63) is 23.0 Å². The van der Waals surface area contributed by atoms with Gasteiger partial charge in [-0.25, -0.2) is 13.8 Å². The molecule has 0 aliphatic carbocycles. The highest BCUT2D eigenvalue weighted by molar-refractivity contribution is 6.32. The van der Waals surface area contributed by atoms with Crippen LogP contribution in [0.5, 0.6) is 0 Å². The van der Waals surface area contributed by atoms with Gasteiger partial charge in [-0.2, -0.15) is 0 Å². The number of alkyl halides is 2. The van der Waals surface area contributed by atoms with Gasteiger partial charge in [0.15, 0.2) is 5.15 Å². The first-order valence-corrected chi connectivity index (χ1v) is 6.64. The van der Waals surface area contributed by atoms with E-state index in [0.717, 1.165) is 31.9 Å². The predicted molar refractivity (Wildman–Crippen MR) is 72.7 cm³/mol. The zero-order chi connectivity index (χ0) is 14.5. The molecule has 0 unspecified atom stereocenters. The van der Waals surface area contributed by atoms with Crippen LogP contribution in [0.15, 0.2) is 12.1 Å². The molecule has 1 saturated heterocycles. The van der Waals surface area contributed by atoms with E-state index in [2.05, 4.69) is 20.5 Å². The lowest BCUT2D eigenvalue weighted by Crippen LogP contribution is -2.43. The first-order chi connectivity index (χ1) is 9.58. The molecule has 1 aromatic heterocycles. The number of hydrogen-bond acceptors (Lipinski definition) is 4. The number of nitrogens with zero attached hydrogens (tertiary/aromatic N) is 2. The number of nitrogens with one attached hydrogen (secondary N) is 2. The highest BCUT2D eigenvalue weighted by atomic mass is 35.5. The van der Waals surface area contributed by atoms with Gasteiger partial charge in [-0.15, -0.1) is 0 Å². The van der Waals surface area contributed by atoms with Crippen molar-refractivity contribution < 1.29 is 13.6 Å². The predicted octanol–water partition coefficient (Wildman–Crippen LogP) is 1.14. The normalized spacial score (nSPS) is 15.5. The third-order valence-corrected chi connectivity index (χ3v) is 3.21. The Morgan fingerprint density at radius 2 is 2.15 bits per heavy atom. The fourth-order valence-electron chi connectivity index (χ4n) is 1.96. The van der Waals surface area contributed by atoms with Crippen molar-refractivity contribution in [2.45, 2.75) is 6.43 Å². The van der Waals surface area contributed by atoms with E-state index < -0.39 is 18.9 Å². The van der Waals surface area contributed by atoms with Crippen molar-refractivity contribution in [2.75, 3.05) is 37.6 Å². The lowest BCUT2D eigenvalue weighted by molar-refractivity contribution is 0.0887. The monoisotopic (exact) mass is 304 g/mol. The van der Waals surface area contributed by atoms with Crippen molar-refractivity contribution in [3.63, 3.8) is 0 Å². The average molecular weight is 305 g/mol. The summed E-state index contributed by atoms with van der Waals surface area (Å²) in [5.41, 5.74) is 0.785. The summed E-state index contributed by atoms with van der Waals surface area (Å²) in [7, 11) is 0. The minimum Gasteiger partial charge on any atom is -0.366 e. The number of halogens is 3. The van der Waals surface area contributed by atoms with Crippen molar-refractivity contribution in [2.24, 2.45) is 0 Å². The number of carbonyl (C=O) groups excluding carboxylic acids is 1. The second kappa shape index (κ2) is 6.81. The Bertz CT molecular complexity index is 481. The molecule has 0 atom stereocenters. The third kappa shape index (κ3) is 3.77. The number of piperazine rings is 1. The van der Waals surface area contributed by atoms with Crippen molar-refractivity contribution in [1.29, 1.82) is 0 Å². The Hall–Kier alpha value is -1.47. The van der Waals surface area contributed by atoms with Crippen molar-refractivity contribution in [1.82, 2.24) is 15.6 Å². The Labute approximate surface area is 120 Å². The number of aromatic nitrogens is 1. The molecule has 110 valence electrons. The molecule has 0 bridgehead atoms. The van der Waals surface area contributed by atoms with Crippen LogP contribution in [-0.4, -0.2) is 50.0 Å². The molecule has 5 nitrogen and oxygen atoms in total.